The molecule has 2 heterocycles. The number of benzene rings is 2. The molecule has 1 saturated heterocycles. The van der Waals surface area contributed by atoms with Gasteiger partial charge in [-0.15, -0.1) is 0 Å². The molecule has 2 aromatic carbocycles. The van der Waals surface area contributed by atoms with Crippen molar-refractivity contribution in [2.24, 2.45) is 0 Å². The van der Waals surface area contributed by atoms with Gasteiger partial charge in [-0.2, -0.15) is 0 Å². The number of fused-ring (bicyclic) bond motifs is 1. The van der Waals surface area contributed by atoms with Gasteiger partial charge < -0.3 is 34.9 Å². The van der Waals surface area contributed by atoms with Crippen molar-refractivity contribution in [2.45, 2.75) is 76.5 Å². The Morgan fingerprint density at radius 1 is 1.14 bits per heavy atom. The number of ether oxygens (including phenoxy) is 2. The van der Waals surface area contributed by atoms with Crippen LogP contribution in [0.25, 0.3) is 5.70 Å². The summed E-state index contributed by atoms with van der Waals surface area (Å²) in [6, 6.07) is 9.64. The van der Waals surface area contributed by atoms with Gasteiger partial charge in [0.2, 0.25) is 5.72 Å². The molecule has 4 rings (SSSR count). The molecule has 11 heteroatoms. The smallest absolute Gasteiger partial charge is 0.282 e. The molecule has 1 fully saturated rings. The molecule has 0 spiro atoms. The van der Waals surface area contributed by atoms with E-state index in [1.807, 2.05) is 27.7 Å². The van der Waals surface area contributed by atoms with Crippen molar-refractivity contribution in [1.29, 1.82) is 0 Å². The van der Waals surface area contributed by atoms with E-state index in [4.69, 9.17) is 9.47 Å². The van der Waals surface area contributed by atoms with Crippen LogP contribution in [0.1, 0.15) is 62.8 Å². The molecule has 2 aliphatic rings. The second-order valence-electron chi connectivity index (χ2n) is 12.1. The van der Waals surface area contributed by atoms with Crippen LogP contribution in [0, 0.1) is 5.82 Å². The number of carbonyl (C=O) groups is 2. The third-order valence-electron chi connectivity index (χ3n) is 7.52. The number of aldehydes is 1. The summed E-state index contributed by atoms with van der Waals surface area (Å²) in [5.74, 6) is -4.33. The van der Waals surface area contributed by atoms with Crippen LogP contribution in [0.3, 0.4) is 0 Å². The van der Waals surface area contributed by atoms with Gasteiger partial charge in [-0.25, -0.2) is 4.39 Å². The summed E-state index contributed by atoms with van der Waals surface area (Å²) in [5.41, 5.74) is -2.56. The van der Waals surface area contributed by atoms with Crippen molar-refractivity contribution < 1.29 is 38.8 Å². The fraction of sp³-hybridized carbons (Fsp3) is 0.484. The molecular formula is C31H40FN3O7. The number of nitrogens with one attached hydrogen (secondary N) is 1. The first-order chi connectivity index (χ1) is 19.6. The van der Waals surface area contributed by atoms with Crippen LogP contribution in [0.4, 0.5) is 4.39 Å². The maximum atomic E-state index is 15.7. The van der Waals surface area contributed by atoms with Crippen LogP contribution in [0.2, 0.25) is 0 Å². The first-order valence-corrected chi connectivity index (χ1v) is 13.8. The number of morpholine rings is 1. The zero-order valence-electron chi connectivity index (χ0n) is 24.7. The van der Waals surface area contributed by atoms with Crippen LogP contribution >= 0.6 is 0 Å². The van der Waals surface area contributed by atoms with E-state index in [1.165, 1.54) is 19.2 Å². The van der Waals surface area contributed by atoms with Gasteiger partial charge in [0.05, 0.1) is 16.8 Å². The van der Waals surface area contributed by atoms with Gasteiger partial charge in [0, 0.05) is 61.9 Å². The number of halogens is 1. The second-order valence-corrected chi connectivity index (χ2v) is 12.1. The van der Waals surface area contributed by atoms with Crippen LogP contribution in [-0.2, 0) is 33.4 Å². The van der Waals surface area contributed by atoms with Crippen LogP contribution < -0.4 is 10.1 Å². The van der Waals surface area contributed by atoms with Crippen molar-refractivity contribution in [3.8, 4) is 5.75 Å². The highest BCUT2D eigenvalue weighted by atomic mass is 19.1. The standard InChI is InChI=1S/C31H40FN3O7/c1-20-23-12-8-13-24(25(23)31(39,40)35(20)30(38,14-9-15-36)27(37)33-6)41-17-22-11-7-10-21(26(22)32)16-34-18-28(2,3)42-29(4,5)19-34/h7-8,10-13,15,38-40H,1,9,14,16-19H2,2-6H3,(H,33,37). The first-order valence-electron chi connectivity index (χ1n) is 13.8. The van der Waals surface area contributed by atoms with E-state index < -0.39 is 29.8 Å². The van der Waals surface area contributed by atoms with Gasteiger partial charge in [-0.05, 0) is 33.8 Å². The van der Waals surface area contributed by atoms with Gasteiger partial charge in [0.15, 0.2) is 0 Å². The average Bonchev–Trinajstić information content (AvgIpc) is 3.11. The zero-order chi connectivity index (χ0) is 31.1. The monoisotopic (exact) mass is 585 g/mol. The third kappa shape index (κ3) is 5.93. The topological polar surface area (TPSA) is 132 Å². The normalized spacial score (nSPS) is 20.5. The Hall–Kier alpha value is -3.35. The predicted molar refractivity (Wildman–Crippen MR) is 153 cm³/mol. The Kier molecular flexibility index (Phi) is 8.56. The number of likely N-dealkylation sites (N-methyl/N-ethyl adjacent to an activating group) is 1. The lowest BCUT2D eigenvalue weighted by atomic mass is 9.98. The third-order valence-corrected chi connectivity index (χ3v) is 7.52. The number of hydrogen-bond acceptors (Lipinski definition) is 9. The van der Waals surface area contributed by atoms with Crippen LogP contribution in [-0.4, -0.2) is 74.4 Å². The van der Waals surface area contributed by atoms with E-state index in [-0.39, 0.29) is 52.4 Å². The van der Waals surface area contributed by atoms with Gasteiger partial charge >= 0.3 is 0 Å². The maximum absolute atomic E-state index is 15.7. The summed E-state index contributed by atoms with van der Waals surface area (Å²) in [6.07, 6.45) is -0.162. The molecule has 0 saturated carbocycles. The molecule has 10 nitrogen and oxygen atoms in total. The number of carbonyl (C=O) groups excluding carboxylic acids is 2. The second kappa shape index (κ2) is 11.4. The quantitative estimate of drug-likeness (QED) is 0.245. The van der Waals surface area contributed by atoms with Gasteiger partial charge in [0.25, 0.3) is 11.8 Å². The highest BCUT2D eigenvalue weighted by Crippen LogP contribution is 2.50. The van der Waals surface area contributed by atoms with E-state index in [2.05, 4.69) is 16.8 Å². The molecule has 0 bridgehead atoms. The fourth-order valence-electron chi connectivity index (χ4n) is 6.25. The SMILES string of the molecule is C=C1c2cccc(OCc3cccc(CN4CC(C)(C)OC(C)(C)C4)c3F)c2C(O)(O)N1C(O)(CCC=O)C(=O)NC. The molecule has 1 atom stereocenters. The highest BCUT2D eigenvalue weighted by molar-refractivity contribution is 5.88. The Bertz CT molecular complexity index is 1360. The molecule has 0 aliphatic carbocycles. The molecule has 0 aromatic heterocycles. The summed E-state index contributed by atoms with van der Waals surface area (Å²) >= 11 is 0. The average molecular weight is 586 g/mol. The van der Waals surface area contributed by atoms with Gasteiger partial charge in [-0.3, -0.25) is 14.6 Å². The van der Waals surface area contributed by atoms with Crippen LogP contribution in [0.5, 0.6) is 5.75 Å². The van der Waals surface area contributed by atoms with E-state index >= 15 is 4.39 Å². The van der Waals surface area contributed by atoms with E-state index in [0.717, 1.165) is 0 Å². The number of amides is 1. The summed E-state index contributed by atoms with van der Waals surface area (Å²) in [4.78, 5) is 26.6. The molecule has 2 aliphatic heterocycles. The van der Waals surface area contributed by atoms with E-state index in [0.29, 0.717) is 36.4 Å². The minimum Gasteiger partial charge on any atom is -0.488 e. The molecular weight excluding hydrogens is 545 g/mol. The number of aliphatic hydroxyl groups is 3. The van der Waals surface area contributed by atoms with Gasteiger partial charge in [-0.1, -0.05) is 36.9 Å². The van der Waals surface area contributed by atoms with Crippen molar-refractivity contribution in [3.63, 3.8) is 0 Å². The van der Waals surface area contributed by atoms with Crippen molar-refractivity contribution >= 4 is 17.9 Å². The molecule has 1 unspecified atom stereocenters. The summed E-state index contributed by atoms with van der Waals surface area (Å²) in [6.45, 7) is 13.3. The van der Waals surface area contributed by atoms with E-state index in [9.17, 15) is 24.9 Å². The van der Waals surface area contributed by atoms with Crippen molar-refractivity contribution in [1.82, 2.24) is 15.1 Å². The summed E-state index contributed by atoms with van der Waals surface area (Å²) < 4.78 is 27.8. The molecule has 4 N–H and O–H groups in total. The van der Waals surface area contributed by atoms with E-state index in [1.54, 1.807) is 24.3 Å². The molecule has 42 heavy (non-hydrogen) atoms. The molecule has 2 aromatic rings. The Balaban J connectivity index is 1.60. The highest BCUT2D eigenvalue weighted by Gasteiger charge is 2.58. The molecule has 1 amide bonds. The molecule has 228 valence electrons. The minimum atomic E-state index is -2.94. The Labute approximate surface area is 245 Å². The Morgan fingerprint density at radius 3 is 2.38 bits per heavy atom. The van der Waals surface area contributed by atoms with Crippen LogP contribution in [0.15, 0.2) is 43.0 Å². The summed E-state index contributed by atoms with van der Waals surface area (Å²) in [5, 5.41) is 36.3. The minimum absolute atomic E-state index is 0.00252. The first kappa shape index (κ1) is 31.6. The Morgan fingerprint density at radius 2 is 1.76 bits per heavy atom. The van der Waals surface area contributed by atoms with Gasteiger partial charge in [0.1, 0.15) is 24.5 Å². The van der Waals surface area contributed by atoms with Crippen molar-refractivity contribution in [2.75, 3.05) is 20.1 Å². The predicted octanol–water partition coefficient (Wildman–Crippen LogP) is 2.59. The maximum Gasteiger partial charge on any atom is 0.282 e. The number of rotatable bonds is 10. The number of hydrogen-bond donors (Lipinski definition) is 4. The van der Waals surface area contributed by atoms with Crippen molar-refractivity contribution in [3.05, 3.63) is 71.0 Å². The lowest BCUT2D eigenvalue weighted by Crippen LogP contribution is -2.62. The largest absolute Gasteiger partial charge is 0.488 e. The zero-order valence-corrected chi connectivity index (χ0v) is 24.7. The fourth-order valence-corrected chi connectivity index (χ4v) is 6.25. The number of nitrogens with zero attached hydrogens (tertiary/aromatic N) is 2. The summed E-state index contributed by atoms with van der Waals surface area (Å²) in [7, 11) is 1.27. The lowest BCUT2D eigenvalue weighted by Gasteiger charge is -2.47. The lowest BCUT2D eigenvalue weighted by molar-refractivity contribution is -0.301. The molecule has 0 radical (unpaired) electrons.